The average molecular weight is 208 g/mol. The predicted molar refractivity (Wildman–Crippen MR) is 50.9 cm³/mol. The molecule has 1 aromatic carbocycles. The molecule has 1 nitrogen and oxygen atoms in total. The molecule has 0 aliphatic rings. The van der Waals surface area contributed by atoms with Crippen LogP contribution in [0.25, 0.3) is 10.9 Å². The van der Waals surface area contributed by atoms with E-state index in [1.54, 1.807) is 0 Å². The summed E-state index contributed by atoms with van der Waals surface area (Å²) >= 11 is 2.58. The minimum absolute atomic E-state index is 1.23. The van der Waals surface area contributed by atoms with Crippen molar-refractivity contribution in [2.75, 3.05) is 0 Å². The molecule has 0 saturated carbocycles. The molecular formula is C11H11NV. The Bertz CT molecular complexity index is 511. The van der Waals surface area contributed by atoms with Gasteiger partial charge in [-0.25, -0.2) is 0 Å². The zero-order chi connectivity index (χ0) is 9.42. The summed E-state index contributed by atoms with van der Waals surface area (Å²) in [6.45, 7) is 2.12. The third-order valence-electron chi connectivity index (χ3n) is 2.30. The molecule has 2 rings (SSSR count). The SMILES string of the molecule is Cc1ccc2c(cc[c](=[V])n2C)c1. The van der Waals surface area contributed by atoms with Gasteiger partial charge in [-0.15, -0.1) is 0 Å². The van der Waals surface area contributed by atoms with Crippen LogP contribution in [0.2, 0.25) is 0 Å². The van der Waals surface area contributed by atoms with E-state index < -0.39 is 0 Å². The van der Waals surface area contributed by atoms with Crippen molar-refractivity contribution in [2.24, 2.45) is 7.05 Å². The quantitative estimate of drug-likeness (QED) is 0.627. The minimum atomic E-state index is 1.23. The van der Waals surface area contributed by atoms with Crippen LogP contribution < -0.4 is 0 Å². The normalized spacial score (nSPS) is 10.5. The molecule has 0 fully saturated rings. The molecular weight excluding hydrogens is 197 g/mol. The molecule has 0 radical (unpaired) electrons. The number of hydrogen-bond acceptors (Lipinski definition) is 0. The molecule has 1 aromatic heterocycles. The Labute approximate surface area is 86.5 Å². The van der Waals surface area contributed by atoms with Crippen LogP contribution in [-0.4, -0.2) is 4.57 Å². The van der Waals surface area contributed by atoms with Gasteiger partial charge in [-0.1, -0.05) is 0 Å². The van der Waals surface area contributed by atoms with Gasteiger partial charge in [0.15, 0.2) is 0 Å². The number of nitrogens with zero attached hydrogens (tertiary/aromatic N) is 1. The molecule has 65 valence electrons. The van der Waals surface area contributed by atoms with Crippen molar-refractivity contribution in [1.82, 2.24) is 4.57 Å². The number of aryl methyl sites for hydroxylation is 2. The molecule has 0 bridgehead atoms. The zero-order valence-electron chi connectivity index (χ0n) is 7.78. The predicted octanol–water partition coefficient (Wildman–Crippen LogP) is 2.57. The number of benzene rings is 1. The zero-order valence-corrected chi connectivity index (χ0v) is 9.18. The van der Waals surface area contributed by atoms with E-state index >= 15 is 0 Å². The summed E-state index contributed by atoms with van der Waals surface area (Å²) in [7, 11) is 2.09. The Kier molecular flexibility index (Phi) is 2.14. The van der Waals surface area contributed by atoms with Crippen LogP contribution in [0.4, 0.5) is 0 Å². The van der Waals surface area contributed by atoms with Crippen molar-refractivity contribution in [3.05, 3.63) is 39.9 Å². The molecule has 0 amide bonds. The molecule has 1 heterocycles. The van der Waals surface area contributed by atoms with Gasteiger partial charge in [-0.3, -0.25) is 0 Å². The molecule has 0 saturated heterocycles. The Morgan fingerprint density at radius 3 is 2.69 bits per heavy atom. The summed E-state index contributed by atoms with van der Waals surface area (Å²) in [6.07, 6.45) is 0. The van der Waals surface area contributed by atoms with Crippen LogP contribution in [0.1, 0.15) is 5.56 Å². The molecule has 0 aliphatic heterocycles. The number of pyridine rings is 1. The van der Waals surface area contributed by atoms with E-state index in [1.165, 1.54) is 20.5 Å². The van der Waals surface area contributed by atoms with Gasteiger partial charge < -0.3 is 0 Å². The van der Waals surface area contributed by atoms with Gasteiger partial charge in [0.1, 0.15) is 0 Å². The first-order chi connectivity index (χ1) is 6.18. The third kappa shape index (κ3) is 1.50. The van der Waals surface area contributed by atoms with Crippen LogP contribution >= 0.6 is 0 Å². The van der Waals surface area contributed by atoms with Crippen molar-refractivity contribution in [1.29, 1.82) is 0 Å². The fourth-order valence-corrected chi connectivity index (χ4v) is 1.80. The molecule has 0 aliphatic carbocycles. The summed E-state index contributed by atoms with van der Waals surface area (Å²) in [5.41, 5.74) is 2.59. The van der Waals surface area contributed by atoms with Gasteiger partial charge in [0, 0.05) is 0 Å². The maximum absolute atomic E-state index is 2.58. The summed E-state index contributed by atoms with van der Waals surface area (Å²) in [4.78, 5) is 0. The van der Waals surface area contributed by atoms with Gasteiger partial charge in [0.25, 0.3) is 0 Å². The summed E-state index contributed by atoms with van der Waals surface area (Å²) in [5, 5.41) is 1.30. The Morgan fingerprint density at radius 1 is 1.15 bits per heavy atom. The van der Waals surface area contributed by atoms with Crippen molar-refractivity contribution < 1.29 is 17.0 Å². The fraction of sp³-hybridized carbons (Fsp3) is 0.182. The number of fused-ring (bicyclic) bond motifs is 1. The van der Waals surface area contributed by atoms with Gasteiger partial charge in [0.05, 0.1) is 0 Å². The Balaban J connectivity index is 2.95. The fourth-order valence-electron chi connectivity index (χ4n) is 1.51. The van der Waals surface area contributed by atoms with E-state index in [9.17, 15) is 0 Å². The summed E-state index contributed by atoms with van der Waals surface area (Å²) in [5.74, 6) is 0. The van der Waals surface area contributed by atoms with Crippen molar-refractivity contribution in [2.45, 2.75) is 6.92 Å². The van der Waals surface area contributed by atoms with Crippen molar-refractivity contribution >= 4 is 10.9 Å². The summed E-state index contributed by atoms with van der Waals surface area (Å²) < 4.78 is 3.42. The van der Waals surface area contributed by atoms with Crippen LogP contribution in [0.5, 0.6) is 0 Å². The molecule has 0 unspecified atom stereocenters. The molecule has 2 aromatic rings. The molecule has 13 heavy (non-hydrogen) atoms. The van der Waals surface area contributed by atoms with E-state index in [0.717, 1.165) is 0 Å². The summed E-state index contributed by atoms with van der Waals surface area (Å²) in [6, 6.07) is 10.8. The van der Waals surface area contributed by atoms with E-state index in [2.05, 4.69) is 65.8 Å². The molecule has 0 spiro atoms. The average Bonchev–Trinajstić information content (AvgIpc) is 2.12. The molecule has 0 atom stereocenters. The van der Waals surface area contributed by atoms with Gasteiger partial charge in [-0.2, -0.15) is 0 Å². The van der Waals surface area contributed by atoms with Crippen LogP contribution in [0.3, 0.4) is 0 Å². The first kappa shape index (κ1) is 8.80. The molecule has 2 heteroatoms. The second-order valence-electron chi connectivity index (χ2n) is 3.31. The van der Waals surface area contributed by atoms with Gasteiger partial charge in [-0.05, 0) is 0 Å². The number of rotatable bonds is 0. The van der Waals surface area contributed by atoms with Crippen molar-refractivity contribution in [3.8, 4) is 0 Å². The Hall–Kier alpha value is -0.786. The molecule has 0 N–H and O–H groups in total. The van der Waals surface area contributed by atoms with Crippen LogP contribution in [0, 0.1) is 10.9 Å². The topological polar surface area (TPSA) is 4.93 Å². The van der Waals surface area contributed by atoms with E-state index in [0.29, 0.717) is 0 Å². The number of hydrogen-bond donors (Lipinski definition) is 0. The Morgan fingerprint density at radius 2 is 1.92 bits per heavy atom. The van der Waals surface area contributed by atoms with Crippen molar-refractivity contribution in [3.63, 3.8) is 0 Å². The number of aromatic nitrogens is 1. The maximum atomic E-state index is 2.58. The van der Waals surface area contributed by atoms with Gasteiger partial charge in [0.2, 0.25) is 0 Å². The second kappa shape index (κ2) is 3.17. The second-order valence-corrected chi connectivity index (χ2v) is 4.03. The van der Waals surface area contributed by atoms with Crippen LogP contribution in [0.15, 0.2) is 30.3 Å². The van der Waals surface area contributed by atoms with E-state index in [1.807, 2.05) is 0 Å². The van der Waals surface area contributed by atoms with Gasteiger partial charge >= 0.3 is 86.3 Å². The van der Waals surface area contributed by atoms with Crippen LogP contribution in [-0.2, 0) is 24.0 Å². The first-order valence-electron chi connectivity index (χ1n) is 4.27. The monoisotopic (exact) mass is 208 g/mol. The standard InChI is InChI=1S/C11H11N.V/c1-9-5-6-11-10(8-9)4-3-7-12(11)2;/h3-6,8H,1-2H3;. The third-order valence-corrected chi connectivity index (χ3v) is 3.00. The first-order valence-corrected chi connectivity index (χ1v) is 4.97. The van der Waals surface area contributed by atoms with E-state index in [-0.39, 0.29) is 0 Å². The van der Waals surface area contributed by atoms with E-state index in [4.69, 9.17) is 0 Å².